The number of hydrogen-bond donors (Lipinski definition) is 2. The first kappa shape index (κ1) is 21.4. The molecule has 3 heterocycles. The van der Waals surface area contributed by atoms with E-state index in [0.29, 0.717) is 19.5 Å². The van der Waals surface area contributed by atoms with Crippen LogP contribution in [0.25, 0.3) is 21.8 Å². The van der Waals surface area contributed by atoms with Crippen LogP contribution < -0.4 is 10.1 Å². The van der Waals surface area contributed by atoms with E-state index in [9.17, 15) is 9.18 Å². The average Bonchev–Trinajstić information content (AvgIpc) is 3.23. The van der Waals surface area contributed by atoms with Crippen molar-refractivity contribution in [2.75, 3.05) is 20.7 Å². The van der Waals surface area contributed by atoms with Gasteiger partial charge in [0.2, 0.25) is 5.91 Å². The fourth-order valence-electron chi connectivity index (χ4n) is 4.74. The van der Waals surface area contributed by atoms with Gasteiger partial charge in [-0.25, -0.2) is 4.39 Å². The van der Waals surface area contributed by atoms with E-state index in [4.69, 9.17) is 9.72 Å². The summed E-state index contributed by atoms with van der Waals surface area (Å²) in [7, 11) is 3.25. The van der Waals surface area contributed by atoms with Crippen LogP contribution in [0.5, 0.6) is 5.75 Å². The summed E-state index contributed by atoms with van der Waals surface area (Å²) >= 11 is 0. The number of benzene rings is 2. The van der Waals surface area contributed by atoms with Gasteiger partial charge in [-0.05, 0) is 49.7 Å². The van der Waals surface area contributed by atoms with Gasteiger partial charge in [-0.1, -0.05) is 24.3 Å². The summed E-state index contributed by atoms with van der Waals surface area (Å²) in [5.74, 6) is -0.0952. The van der Waals surface area contributed by atoms with Crippen molar-refractivity contribution in [1.82, 2.24) is 20.2 Å². The number of pyridine rings is 1. The number of para-hydroxylation sites is 1. The number of nitrogens with zero attached hydrogens (tertiary/aromatic N) is 2. The van der Waals surface area contributed by atoms with Crippen LogP contribution in [0, 0.1) is 5.82 Å². The van der Waals surface area contributed by atoms with Crippen LogP contribution in [0.15, 0.2) is 42.5 Å². The van der Waals surface area contributed by atoms with Crippen molar-refractivity contribution in [2.45, 2.75) is 32.4 Å². The van der Waals surface area contributed by atoms with Crippen LogP contribution in [0.4, 0.5) is 4.39 Å². The quantitative estimate of drug-likeness (QED) is 0.487. The van der Waals surface area contributed by atoms with Gasteiger partial charge < -0.3 is 19.9 Å². The third-order valence-electron chi connectivity index (χ3n) is 6.59. The van der Waals surface area contributed by atoms with Gasteiger partial charge in [0.05, 0.1) is 36.6 Å². The highest BCUT2D eigenvalue weighted by molar-refractivity contribution is 6.10. The number of hydrogen-bond acceptors (Lipinski definition) is 4. The molecular weight excluding hydrogens is 419 g/mol. The highest BCUT2D eigenvalue weighted by Gasteiger charge is 2.28. The van der Waals surface area contributed by atoms with Crippen molar-refractivity contribution in [3.05, 3.63) is 70.8 Å². The van der Waals surface area contributed by atoms with Gasteiger partial charge >= 0.3 is 0 Å². The van der Waals surface area contributed by atoms with Crippen LogP contribution in [0.1, 0.15) is 29.4 Å². The first-order chi connectivity index (χ1) is 16.0. The zero-order chi connectivity index (χ0) is 23.1. The molecule has 1 aliphatic rings. The van der Waals surface area contributed by atoms with Crippen LogP contribution in [0.3, 0.4) is 0 Å². The standard InChI is InChI=1S/C26H27FN4O2/c1-15(28-2)26(32)31-11-10-18-22(14-31)29-21(13-16-8-9-23(33-3)19(27)12-16)25-24(18)17-6-4-5-7-20(17)30-25/h4-9,12,15,28,30H,10-11,13-14H2,1-3H3/t15-/m1/s1. The highest BCUT2D eigenvalue weighted by atomic mass is 19.1. The molecule has 0 fully saturated rings. The molecule has 1 amide bonds. The smallest absolute Gasteiger partial charge is 0.239 e. The van der Waals surface area contributed by atoms with E-state index in [2.05, 4.69) is 22.4 Å². The molecule has 0 spiro atoms. The molecule has 1 aliphatic heterocycles. The molecule has 4 aromatic rings. The molecule has 0 saturated carbocycles. The number of amides is 1. The van der Waals surface area contributed by atoms with Crippen molar-refractivity contribution in [3.8, 4) is 5.75 Å². The summed E-state index contributed by atoms with van der Waals surface area (Å²) in [5.41, 5.74) is 5.79. The minimum absolute atomic E-state index is 0.0720. The first-order valence-corrected chi connectivity index (χ1v) is 11.2. The van der Waals surface area contributed by atoms with Crippen molar-refractivity contribution < 1.29 is 13.9 Å². The van der Waals surface area contributed by atoms with Gasteiger partial charge in [0.25, 0.3) is 0 Å². The number of fused-ring (bicyclic) bond motifs is 5. The minimum atomic E-state index is -0.390. The van der Waals surface area contributed by atoms with E-state index in [0.717, 1.165) is 45.2 Å². The molecule has 2 aromatic heterocycles. The predicted octanol–water partition coefficient (Wildman–Crippen LogP) is 3.95. The number of carbonyl (C=O) groups is 1. The maximum Gasteiger partial charge on any atom is 0.239 e. The molecule has 0 unspecified atom stereocenters. The van der Waals surface area contributed by atoms with Gasteiger partial charge in [-0.3, -0.25) is 9.78 Å². The summed E-state index contributed by atoms with van der Waals surface area (Å²) in [5, 5.41) is 5.34. The van der Waals surface area contributed by atoms with Crippen LogP contribution in [-0.2, 0) is 24.2 Å². The topological polar surface area (TPSA) is 70.2 Å². The Morgan fingerprint density at radius 1 is 1.30 bits per heavy atom. The monoisotopic (exact) mass is 446 g/mol. The lowest BCUT2D eigenvalue weighted by molar-refractivity contribution is -0.133. The van der Waals surface area contributed by atoms with Gasteiger partial charge in [0.1, 0.15) is 0 Å². The fraction of sp³-hybridized carbons (Fsp3) is 0.308. The number of carbonyl (C=O) groups excluding carboxylic acids is 1. The second-order valence-corrected chi connectivity index (χ2v) is 8.57. The Labute approximate surface area is 191 Å². The van der Waals surface area contributed by atoms with Gasteiger partial charge in [0, 0.05) is 29.3 Å². The lowest BCUT2D eigenvalue weighted by Gasteiger charge is -2.31. The Balaban J connectivity index is 1.63. The SMILES string of the molecule is CN[C@H](C)C(=O)N1CCc2c(nc(Cc3ccc(OC)c(F)c3)c3[nH]c4ccccc4c23)C1. The summed E-state index contributed by atoms with van der Waals surface area (Å²) < 4.78 is 19.4. The van der Waals surface area contributed by atoms with Crippen LogP contribution >= 0.6 is 0 Å². The molecule has 7 heteroatoms. The van der Waals surface area contributed by atoms with E-state index >= 15 is 0 Å². The van der Waals surface area contributed by atoms with Crippen molar-refractivity contribution in [3.63, 3.8) is 0 Å². The lowest BCUT2D eigenvalue weighted by Crippen LogP contribution is -2.45. The molecule has 5 rings (SSSR count). The van der Waals surface area contributed by atoms with Gasteiger partial charge in [-0.15, -0.1) is 0 Å². The van der Waals surface area contributed by atoms with E-state index in [1.54, 1.807) is 13.1 Å². The Hall–Kier alpha value is -3.45. The fourth-order valence-corrected chi connectivity index (χ4v) is 4.74. The molecular formula is C26H27FN4O2. The number of aromatic nitrogens is 2. The maximum atomic E-state index is 14.4. The highest BCUT2D eigenvalue weighted by Crippen LogP contribution is 2.35. The Bertz CT molecular complexity index is 1360. The van der Waals surface area contributed by atoms with Crippen molar-refractivity contribution >= 4 is 27.7 Å². The van der Waals surface area contributed by atoms with Gasteiger partial charge in [0.15, 0.2) is 11.6 Å². The van der Waals surface area contributed by atoms with Crippen molar-refractivity contribution in [1.29, 1.82) is 0 Å². The largest absolute Gasteiger partial charge is 0.494 e. The third kappa shape index (κ3) is 3.72. The Kier molecular flexibility index (Phi) is 5.50. The molecule has 2 N–H and O–H groups in total. The maximum absolute atomic E-state index is 14.4. The molecule has 0 bridgehead atoms. The number of likely N-dealkylation sites (N-methyl/N-ethyl adjacent to an activating group) is 1. The van der Waals surface area contributed by atoms with E-state index in [-0.39, 0.29) is 17.7 Å². The molecule has 1 atom stereocenters. The summed E-state index contributed by atoms with van der Waals surface area (Å²) in [4.78, 5) is 23.3. The molecule has 6 nitrogen and oxygen atoms in total. The minimum Gasteiger partial charge on any atom is -0.494 e. The number of halogens is 1. The molecule has 170 valence electrons. The third-order valence-corrected chi connectivity index (χ3v) is 6.59. The summed E-state index contributed by atoms with van der Waals surface area (Å²) in [6.45, 7) is 3.01. The van der Waals surface area contributed by atoms with Crippen molar-refractivity contribution in [2.24, 2.45) is 0 Å². The van der Waals surface area contributed by atoms with E-state index in [1.807, 2.05) is 30.0 Å². The second kappa shape index (κ2) is 8.48. The Morgan fingerprint density at radius 2 is 2.12 bits per heavy atom. The summed E-state index contributed by atoms with van der Waals surface area (Å²) in [6, 6.07) is 13.0. The van der Waals surface area contributed by atoms with E-state index < -0.39 is 5.82 Å². The Morgan fingerprint density at radius 3 is 2.88 bits per heavy atom. The van der Waals surface area contributed by atoms with E-state index in [1.165, 1.54) is 18.7 Å². The van der Waals surface area contributed by atoms with Crippen LogP contribution in [0.2, 0.25) is 0 Å². The first-order valence-electron chi connectivity index (χ1n) is 11.2. The number of H-pyrrole nitrogens is 1. The molecule has 0 radical (unpaired) electrons. The number of ether oxygens (including phenoxy) is 1. The average molecular weight is 447 g/mol. The predicted molar refractivity (Wildman–Crippen MR) is 127 cm³/mol. The molecule has 2 aromatic carbocycles. The summed E-state index contributed by atoms with van der Waals surface area (Å²) in [6.07, 6.45) is 1.22. The second-order valence-electron chi connectivity index (χ2n) is 8.57. The zero-order valence-corrected chi connectivity index (χ0v) is 19.0. The molecule has 0 saturated heterocycles. The molecule has 33 heavy (non-hydrogen) atoms. The number of nitrogens with one attached hydrogen (secondary N) is 2. The zero-order valence-electron chi connectivity index (χ0n) is 19.0. The normalized spacial score (nSPS) is 14.5. The van der Waals surface area contributed by atoms with Gasteiger partial charge in [-0.2, -0.15) is 0 Å². The molecule has 0 aliphatic carbocycles. The lowest BCUT2D eigenvalue weighted by atomic mass is 9.96. The van der Waals surface area contributed by atoms with Crippen LogP contribution in [-0.4, -0.2) is 47.5 Å². The number of aromatic amines is 1. The number of rotatable bonds is 5. The number of methoxy groups -OCH3 is 1.